The number of carbonyl (C=O) groups is 3. The highest BCUT2D eigenvalue weighted by atomic mass is 32.1. The van der Waals surface area contributed by atoms with Gasteiger partial charge in [-0.15, -0.1) is 11.3 Å². The molecular weight excluding hydrogens is 350 g/mol. The lowest BCUT2D eigenvalue weighted by Crippen LogP contribution is -2.38. The summed E-state index contributed by atoms with van der Waals surface area (Å²) in [6, 6.07) is 1.99. The summed E-state index contributed by atoms with van der Waals surface area (Å²) in [6.07, 6.45) is 4.89. The summed E-state index contributed by atoms with van der Waals surface area (Å²) in [6.45, 7) is 3.65. The number of ketones is 1. The lowest BCUT2D eigenvalue weighted by molar-refractivity contribution is -0.144. The van der Waals surface area contributed by atoms with E-state index >= 15 is 0 Å². The number of thiazole rings is 1. The van der Waals surface area contributed by atoms with Crippen LogP contribution in [-0.4, -0.2) is 34.0 Å². The Morgan fingerprint density at radius 2 is 1.92 bits per heavy atom. The maximum absolute atomic E-state index is 12.7. The Kier molecular flexibility index (Phi) is 4.03. The van der Waals surface area contributed by atoms with Gasteiger partial charge in [-0.1, -0.05) is 26.0 Å². The molecule has 1 saturated carbocycles. The summed E-state index contributed by atoms with van der Waals surface area (Å²) in [7, 11) is 0. The number of aromatic nitrogens is 1. The van der Waals surface area contributed by atoms with Crippen LogP contribution >= 0.6 is 11.3 Å². The Bertz CT molecular complexity index is 836. The normalized spacial score (nSPS) is 30.2. The van der Waals surface area contributed by atoms with Crippen molar-refractivity contribution in [1.82, 2.24) is 9.88 Å². The average molecular weight is 369 g/mol. The van der Waals surface area contributed by atoms with E-state index < -0.39 is 11.7 Å². The van der Waals surface area contributed by atoms with E-state index in [1.54, 1.807) is 0 Å². The second-order valence-corrected chi connectivity index (χ2v) is 8.45. The number of carbonyl (C=O) groups excluding carboxylic acids is 3. The summed E-state index contributed by atoms with van der Waals surface area (Å²) in [5.41, 5.74) is 0.837. The third-order valence-electron chi connectivity index (χ3n) is 5.70. The van der Waals surface area contributed by atoms with Crippen molar-refractivity contribution in [3.05, 3.63) is 28.2 Å². The molecule has 6 nitrogen and oxygen atoms in total. The minimum Gasteiger partial charge on any atom is -0.296 e. The summed E-state index contributed by atoms with van der Waals surface area (Å²) < 4.78 is 0. The van der Waals surface area contributed by atoms with Crippen LogP contribution in [-0.2, 0) is 14.4 Å². The molecule has 0 spiro atoms. The highest BCUT2D eigenvalue weighted by Gasteiger charge is 2.59. The van der Waals surface area contributed by atoms with E-state index in [4.69, 9.17) is 0 Å². The van der Waals surface area contributed by atoms with Crippen molar-refractivity contribution in [2.75, 3.05) is 6.54 Å². The molecule has 7 heteroatoms. The van der Waals surface area contributed by atoms with Gasteiger partial charge in [0, 0.05) is 5.38 Å². The summed E-state index contributed by atoms with van der Waals surface area (Å²) in [5.74, 6) is -2.22. The predicted molar refractivity (Wildman–Crippen MR) is 94.0 cm³/mol. The van der Waals surface area contributed by atoms with Crippen molar-refractivity contribution < 1.29 is 14.4 Å². The average Bonchev–Trinajstić information content (AvgIpc) is 3.36. The SMILES string of the molecule is CC(C)c1csc([C@H](C#N)C(=O)CN2C(=O)[C@@H]3[C@H](C2=O)[C@H]2C=C[C@H]3C2)n1. The zero-order valence-corrected chi connectivity index (χ0v) is 15.4. The fraction of sp³-hybridized carbons (Fsp3) is 0.526. The third-order valence-corrected chi connectivity index (χ3v) is 6.63. The van der Waals surface area contributed by atoms with Crippen LogP contribution in [0.2, 0.25) is 0 Å². The van der Waals surface area contributed by atoms with Crippen molar-refractivity contribution >= 4 is 28.9 Å². The minimum absolute atomic E-state index is 0.112. The van der Waals surface area contributed by atoms with Crippen LogP contribution in [0.25, 0.3) is 0 Å². The van der Waals surface area contributed by atoms with Gasteiger partial charge in [0.25, 0.3) is 0 Å². The van der Waals surface area contributed by atoms with Crippen LogP contribution in [0.3, 0.4) is 0 Å². The van der Waals surface area contributed by atoms with Gasteiger partial charge in [-0.05, 0) is 24.2 Å². The van der Waals surface area contributed by atoms with Crippen LogP contribution < -0.4 is 0 Å². The van der Waals surface area contributed by atoms with E-state index in [1.165, 1.54) is 11.3 Å². The number of hydrogen-bond donors (Lipinski definition) is 0. The molecule has 3 aliphatic rings. The monoisotopic (exact) mass is 369 g/mol. The second-order valence-electron chi connectivity index (χ2n) is 7.56. The van der Waals surface area contributed by atoms with Crippen molar-refractivity contribution in [2.45, 2.75) is 32.1 Å². The number of nitrogens with zero attached hydrogens (tertiary/aromatic N) is 3. The van der Waals surface area contributed by atoms with Crippen molar-refractivity contribution in [1.29, 1.82) is 5.26 Å². The summed E-state index contributed by atoms with van der Waals surface area (Å²) >= 11 is 1.27. The topological polar surface area (TPSA) is 91.1 Å². The minimum atomic E-state index is -1.04. The fourth-order valence-electron chi connectivity index (χ4n) is 4.33. The second kappa shape index (κ2) is 6.13. The number of rotatable bonds is 5. The molecule has 4 rings (SSSR count). The van der Waals surface area contributed by atoms with Crippen molar-refractivity contribution in [3.63, 3.8) is 0 Å². The van der Waals surface area contributed by atoms with E-state index in [0.29, 0.717) is 5.01 Å². The van der Waals surface area contributed by atoms with E-state index in [1.807, 2.05) is 37.4 Å². The Hall–Kier alpha value is -2.33. The Balaban J connectivity index is 1.51. The van der Waals surface area contributed by atoms with E-state index in [2.05, 4.69) is 4.98 Å². The molecule has 1 aromatic heterocycles. The van der Waals surface area contributed by atoms with Gasteiger partial charge < -0.3 is 0 Å². The van der Waals surface area contributed by atoms with Gasteiger partial charge in [0.1, 0.15) is 5.01 Å². The molecular formula is C19H19N3O3S. The lowest BCUT2D eigenvalue weighted by atomic mass is 9.85. The number of amides is 2. The molecule has 5 atom stereocenters. The first-order valence-electron chi connectivity index (χ1n) is 8.83. The first-order chi connectivity index (χ1) is 12.4. The van der Waals surface area contributed by atoms with Gasteiger partial charge in [-0.3, -0.25) is 19.3 Å². The molecule has 0 radical (unpaired) electrons. The molecule has 0 N–H and O–H groups in total. The molecule has 0 unspecified atom stereocenters. The largest absolute Gasteiger partial charge is 0.296 e. The molecule has 2 aliphatic carbocycles. The smallest absolute Gasteiger partial charge is 0.234 e. The molecule has 2 fully saturated rings. The number of likely N-dealkylation sites (tertiary alicyclic amines) is 1. The predicted octanol–water partition coefficient (Wildman–Crippen LogP) is 2.25. The number of nitriles is 1. The Labute approximate surface area is 155 Å². The lowest BCUT2D eigenvalue weighted by Gasteiger charge is -2.17. The van der Waals surface area contributed by atoms with Gasteiger partial charge >= 0.3 is 0 Å². The van der Waals surface area contributed by atoms with E-state index in [0.717, 1.165) is 17.0 Å². The first-order valence-corrected chi connectivity index (χ1v) is 9.71. The molecule has 1 saturated heterocycles. The third kappa shape index (κ3) is 2.43. The van der Waals surface area contributed by atoms with Gasteiger partial charge in [0.05, 0.1) is 30.1 Å². The fourth-order valence-corrected chi connectivity index (χ4v) is 5.38. The molecule has 2 bridgehead atoms. The van der Waals surface area contributed by atoms with Crippen LogP contribution in [0.1, 0.15) is 42.8 Å². The first kappa shape index (κ1) is 17.1. The van der Waals surface area contributed by atoms with Gasteiger partial charge in [0.2, 0.25) is 11.8 Å². The molecule has 2 amide bonds. The molecule has 0 aromatic carbocycles. The summed E-state index contributed by atoms with van der Waals surface area (Å²) in [5, 5.41) is 11.7. The van der Waals surface area contributed by atoms with Crippen LogP contribution in [0.4, 0.5) is 0 Å². The standard InChI is InChI=1S/C19H19N3O3S/c1-9(2)13-8-26-17(21-13)12(6-20)14(23)7-22-18(24)15-10-3-4-11(5-10)16(15)19(22)25/h3-4,8-12,15-16H,5,7H2,1-2H3/t10-,11-,12+,15-,16+/m0/s1. The number of allylic oxidation sites excluding steroid dienone is 2. The molecule has 1 aromatic rings. The van der Waals surface area contributed by atoms with Crippen LogP contribution in [0, 0.1) is 35.0 Å². The number of imide groups is 1. The van der Waals surface area contributed by atoms with Gasteiger partial charge in [0.15, 0.2) is 11.7 Å². The van der Waals surface area contributed by atoms with E-state index in [9.17, 15) is 19.6 Å². The van der Waals surface area contributed by atoms with Crippen LogP contribution in [0.5, 0.6) is 0 Å². The Morgan fingerprint density at radius 3 is 2.42 bits per heavy atom. The Morgan fingerprint density at radius 1 is 1.31 bits per heavy atom. The van der Waals surface area contributed by atoms with E-state index in [-0.39, 0.29) is 47.9 Å². The molecule has 134 valence electrons. The zero-order chi connectivity index (χ0) is 18.6. The number of Topliss-reactive ketones (excluding diaryl/α,β-unsaturated/α-hetero) is 1. The zero-order valence-electron chi connectivity index (χ0n) is 14.6. The van der Waals surface area contributed by atoms with Gasteiger partial charge in [-0.2, -0.15) is 5.26 Å². The number of fused-ring (bicyclic) bond motifs is 5. The summed E-state index contributed by atoms with van der Waals surface area (Å²) in [4.78, 5) is 43.5. The molecule has 2 heterocycles. The maximum Gasteiger partial charge on any atom is 0.234 e. The highest BCUT2D eigenvalue weighted by molar-refractivity contribution is 7.10. The van der Waals surface area contributed by atoms with Crippen molar-refractivity contribution in [2.24, 2.45) is 23.7 Å². The molecule has 1 aliphatic heterocycles. The van der Waals surface area contributed by atoms with Crippen molar-refractivity contribution in [3.8, 4) is 6.07 Å². The quantitative estimate of drug-likeness (QED) is 0.586. The number of hydrogen-bond acceptors (Lipinski definition) is 6. The van der Waals surface area contributed by atoms with Gasteiger partial charge in [-0.25, -0.2) is 4.98 Å². The maximum atomic E-state index is 12.7. The molecule has 26 heavy (non-hydrogen) atoms. The van der Waals surface area contributed by atoms with Crippen LogP contribution in [0.15, 0.2) is 17.5 Å². The highest BCUT2D eigenvalue weighted by Crippen LogP contribution is 2.52.